The molecule has 1 aliphatic rings. The van der Waals surface area contributed by atoms with Crippen molar-refractivity contribution in [1.29, 1.82) is 0 Å². The van der Waals surface area contributed by atoms with Crippen molar-refractivity contribution >= 4 is 20.6 Å². The highest BCUT2D eigenvalue weighted by atomic mass is 32.2. The van der Waals surface area contributed by atoms with Crippen LogP contribution in [0.2, 0.25) is 0 Å². The molecule has 1 aliphatic heterocycles. The molecule has 23 heavy (non-hydrogen) atoms. The summed E-state index contributed by atoms with van der Waals surface area (Å²) in [6.45, 7) is 6.31. The Balaban J connectivity index is 1.79. The second-order valence-electron chi connectivity index (χ2n) is 6.88. The first kappa shape index (κ1) is 16.5. The quantitative estimate of drug-likeness (QED) is 0.856. The Morgan fingerprint density at radius 3 is 2.65 bits per heavy atom. The lowest BCUT2D eigenvalue weighted by Gasteiger charge is -2.35. The second kappa shape index (κ2) is 6.62. The molecule has 0 N–H and O–H groups in total. The van der Waals surface area contributed by atoms with E-state index in [9.17, 15) is 8.42 Å². The normalized spacial score (nSPS) is 21.4. The molecule has 1 fully saturated rings. The van der Waals surface area contributed by atoms with E-state index in [1.165, 1.54) is 12.8 Å². The predicted molar refractivity (Wildman–Crippen MR) is 95.4 cm³/mol. The molecule has 2 aromatic rings. The number of hydrogen-bond donors (Lipinski definition) is 0. The summed E-state index contributed by atoms with van der Waals surface area (Å²) in [5.74, 6) is 0.854. The van der Waals surface area contributed by atoms with Crippen molar-refractivity contribution in [2.24, 2.45) is 5.92 Å². The molecule has 1 heterocycles. The molecule has 2 aromatic carbocycles. The third kappa shape index (κ3) is 3.75. The van der Waals surface area contributed by atoms with E-state index in [4.69, 9.17) is 0 Å². The smallest absolute Gasteiger partial charge is 0.179 e. The van der Waals surface area contributed by atoms with Gasteiger partial charge in [0.1, 0.15) is 0 Å². The summed E-state index contributed by atoms with van der Waals surface area (Å²) < 4.78 is 25.6. The fourth-order valence-electron chi connectivity index (χ4n) is 3.51. The summed E-state index contributed by atoms with van der Waals surface area (Å²) in [6.07, 6.45) is 2.42. The zero-order chi connectivity index (χ0) is 16.4. The van der Waals surface area contributed by atoms with Crippen molar-refractivity contribution in [3.8, 4) is 0 Å². The Morgan fingerprint density at radius 1 is 1.17 bits per heavy atom. The van der Waals surface area contributed by atoms with Gasteiger partial charge in [-0.1, -0.05) is 37.3 Å². The highest BCUT2D eigenvalue weighted by Crippen LogP contribution is 2.23. The maximum absolute atomic E-state index is 12.8. The van der Waals surface area contributed by atoms with Gasteiger partial charge < -0.3 is 0 Å². The van der Waals surface area contributed by atoms with Gasteiger partial charge in [0.05, 0.1) is 10.6 Å². The van der Waals surface area contributed by atoms with Crippen LogP contribution in [0.5, 0.6) is 0 Å². The molecule has 0 bridgehead atoms. The van der Waals surface area contributed by atoms with Gasteiger partial charge in [-0.3, -0.25) is 4.90 Å². The van der Waals surface area contributed by atoms with Crippen LogP contribution in [-0.2, 0) is 9.84 Å². The predicted octanol–water partition coefficient (Wildman–Crippen LogP) is 3.73. The summed E-state index contributed by atoms with van der Waals surface area (Å²) in [5, 5.41) is 2.05. The van der Waals surface area contributed by atoms with E-state index >= 15 is 0 Å². The van der Waals surface area contributed by atoms with Gasteiger partial charge in [0.15, 0.2) is 9.84 Å². The molecular formula is C19H25NO2S. The lowest BCUT2D eigenvalue weighted by Crippen LogP contribution is -2.43. The summed E-state index contributed by atoms with van der Waals surface area (Å²) in [6, 6.07) is 13.4. The fraction of sp³-hybridized carbons (Fsp3) is 0.474. The standard InChI is InChI=1S/C19H25NO2S/c1-15-6-5-11-20(13-15)16(2)14-23(21,22)19-10-9-17-7-3-4-8-18(17)12-19/h3-4,7-10,12,15-16H,5-6,11,13-14H2,1-2H3/t15-,16+/m0/s1. The van der Waals surface area contributed by atoms with E-state index < -0.39 is 9.84 Å². The molecule has 0 radical (unpaired) electrons. The van der Waals surface area contributed by atoms with Crippen molar-refractivity contribution in [1.82, 2.24) is 4.90 Å². The average molecular weight is 331 g/mol. The van der Waals surface area contributed by atoms with E-state index in [0.29, 0.717) is 10.8 Å². The van der Waals surface area contributed by atoms with Gasteiger partial charge in [-0.15, -0.1) is 0 Å². The molecule has 0 aromatic heterocycles. The van der Waals surface area contributed by atoms with Crippen LogP contribution in [0.15, 0.2) is 47.4 Å². The number of hydrogen-bond acceptors (Lipinski definition) is 3. The summed E-state index contributed by atoms with van der Waals surface area (Å²) in [7, 11) is -3.26. The van der Waals surface area contributed by atoms with Gasteiger partial charge in [-0.05, 0) is 55.1 Å². The first-order valence-electron chi connectivity index (χ1n) is 8.41. The molecule has 0 aliphatic carbocycles. The first-order valence-corrected chi connectivity index (χ1v) is 10.1. The maximum atomic E-state index is 12.8. The summed E-state index contributed by atoms with van der Waals surface area (Å²) in [4.78, 5) is 2.76. The van der Waals surface area contributed by atoms with Crippen molar-refractivity contribution in [3.05, 3.63) is 42.5 Å². The minimum absolute atomic E-state index is 0.0641. The summed E-state index contributed by atoms with van der Waals surface area (Å²) >= 11 is 0. The van der Waals surface area contributed by atoms with Crippen LogP contribution >= 0.6 is 0 Å². The molecule has 0 amide bonds. The highest BCUT2D eigenvalue weighted by molar-refractivity contribution is 7.91. The van der Waals surface area contributed by atoms with Gasteiger partial charge >= 0.3 is 0 Å². The molecular weight excluding hydrogens is 306 g/mol. The van der Waals surface area contributed by atoms with Gasteiger partial charge in [0.2, 0.25) is 0 Å². The Bertz CT molecular complexity index is 785. The molecule has 0 spiro atoms. The second-order valence-corrected chi connectivity index (χ2v) is 8.92. The first-order chi connectivity index (χ1) is 11.0. The van der Waals surface area contributed by atoms with Crippen LogP contribution in [-0.4, -0.2) is 38.2 Å². The Morgan fingerprint density at radius 2 is 1.91 bits per heavy atom. The third-order valence-corrected chi connectivity index (χ3v) is 6.75. The maximum Gasteiger partial charge on any atom is 0.179 e. The number of nitrogens with zero attached hydrogens (tertiary/aromatic N) is 1. The van der Waals surface area contributed by atoms with Gasteiger partial charge in [0.25, 0.3) is 0 Å². The molecule has 3 nitrogen and oxygen atoms in total. The average Bonchev–Trinajstić information content (AvgIpc) is 2.54. The largest absolute Gasteiger partial charge is 0.299 e. The van der Waals surface area contributed by atoms with Crippen LogP contribution in [0.25, 0.3) is 10.8 Å². The number of piperidine rings is 1. The topological polar surface area (TPSA) is 37.4 Å². The molecule has 0 unspecified atom stereocenters. The van der Waals surface area contributed by atoms with E-state index in [2.05, 4.69) is 11.8 Å². The van der Waals surface area contributed by atoms with Crippen molar-refractivity contribution in [3.63, 3.8) is 0 Å². The van der Waals surface area contributed by atoms with E-state index in [-0.39, 0.29) is 11.8 Å². The molecule has 2 atom stereocenters. The molecule has 4 heteroatoms. The van der Waals surface area contributed by atoms with Gasteiger partial charge in [0, 0.05) is 12.6 Å². The van der Waals surface area contributed by atoms with E-state index in [1.54, 1.807) is 12.1 Å². The monoisotopic (exact) mass is 331 g/mol. The number of sulfone groups is 1. The van der Waals surface area contributed by atoms with Crippen LogP contribution in [0.1, 0.15) is 26.7 Å². The molecule has 3 rings (SSSR count). The lowest BCUT2D eigenvalue weighted by molar-refractivity contribution is 0.149. The number of likely N-dealkylation sites (tertiary alicyclic amines) is 1. The number of rotatable bonds is 4. The van der Waals surface area contributed by atoms with Crippen molar-refractivity contribution in [2.45, 2.75) is 37.6 Å². The van der Waals surface area contributed by atoms with Gasteiger partial charge in [-0.2, -0.15) is 0 Å². The molecule has 1 saturated heterocycles. The highest BCUT2D eigenvalue weighted by Gasteiger charge is 2.26. The Kier molecular flexibility index (Phi) is 4.74. The fourth-order valence-corrected chi connectivity index (χ4v) is 5.13. The summed E-state index contributed by atoms with van der Waals surface area (Å²) in [5.41, 5.74) is 0. The molecule has 124 valence electrons. The van der Waals surface area contributed by atoms with E-state index in [1.807, 2.05) is 37.3 Å². The van der Waals surface area contributed by atoms with Crippen LogP contribution in [0.4, 0.5) is 0 Å². The SMILES string of the molecule is C[C@H]1CCCN([C@H](C)CS(=O)(=O)c2ccc3ccccc3c2)C1. The Labute approximate surface area is 139 Å². The number of benzene rings is 2. The third-order valence-electron chi connectivity index (χ3n) is 4.85. The van der Waals surface area contributed by atoms with Crippen LogP contribution in [0, 0.1) is 5.92 Å². The van der Waals surface area contributed by atoms with Crippen LogP contribution < -0.4 is 0 Å². The van der Waals surface area contributed by atoms with Crippen molar-refractivity contribution < 1.29 is 8.42 Å². The Hall–Kier alpha value is -1.39. The molecule has 0 saturated carbocycles. The van der Waals surface area contributed by atoms with Crippen LogP contribution in [0.3, 0.4) is 0 Å². The minimum atomic E-state index is -3.26. The lowest BCUT2D eigenvalue weighted by atomic mass is 9.99. The zero-order valence-electron chi connectivity index (χ0n) is 13.9. The minimum Gasteiger partial charge on any atom is -0.299 e. The van der Waals surface area contributed by atoms with E-state index in [0.717, 1.165) is 23.9 Å². The van der Waals surface area contributed by atoms with Gasteiger partial charge in [-0.25, -0.2) is 8.42 Å². The van der Waals surface area contributed by atoms with Crippen molar-refractivity contribution in [2.75, 3.05) is 18.8 Å². The zero-order valence-corrected chi connectivity index (χ0v) is 14.7. The number of fused-ring (bicyclic) bond motifs is 1.